The number of allylic oxidation sites excluding steroid dienone is 2. The number of carbonyl (C=O) groups excluding carboxylic acids is 1. The summed E-state index contributed by atoms with van der Waals surface area (Å²) in [6.07, 6.45) is 17.3. The lowest BCUT2D eigenvalue weighted by Crippen LogP contribution is -2.30. The van der Waals surface area contributed by atoms with Gasteiger partial charge in [0.15, 0.2) is 6.29 Å². The third kappa shape index (κ3) is 12.1. The van der Waals surface area contributed by atoms with Gasteiger partial charge in [-0.15, -0.1) is 11.6 Å². The van der Waals surface area contributed by atoms with Crippen molar-refractivity contribution in [1.82, 2.24) is 0 Å². The van der Waals surface area contributed by atoms with Gasteiger partial charge >= 0.3 is 5.97 Å². The van der Waals surface area contributed by atoms with E-state index in [1.165, 1.54) is 0 Å². The summed E-state index contributed by atoms with van der Waals surface area (Å²) < 4.78 is 17.2. The van der Waals surface area contributed by atoms with Crippen molar-refractivity contribution in [2.75, 3.05) is 13.2 Å². The zero-order chi connectivity index (χ0) is 25.5. The van der Waals surface area contributed by atoms with Crippen molar-refractivity contribution in [3.05, 3.63) is 37.0 Å². The first kappa shape index (κ1) is 30.0. The molecule has 7 heteroatoms. The first-order chi connectivity index (χ1) is 16.9. The molecular weight excluding hydrogens is 468 g/mol. The molecule has 7 atom stereocenters. The van der Waals surface area contributed by atoms with Crippen molar-refractivity contribution in [2.24, 2.45) is 11.8 Å². The fourth-order valence-corrected chi connectivity index (χ4v) is 5.18. The van der Waals surface area contributed by atoms with Gasteiger partial charge in [0.25, 0.3) is 0 Å². The van der Waals surface area contributed by atoms with E-state index in [2.05, 4.69) is 24.8 Å². The van der Waals surface area contributed by atoms with E-state index in [9.17, 15) is 15.0 Å². The molecule has 200 valence electrons. The van der Waals surface area contributed by atoms with Gasteiger partial charge in [0, 0.05) is 24.3 Å². The molecule has 35 heavy (non-hydrogen) atoms. The summed E-state index contributed by atoms with van der Waals surface area (Å²) in [6, 6.07) is 0. The lowest BCUT2D eigenvalue weighted by atomic mass is 9.90. The van der Waals surface area contributed by atoms with Crippen LogP contribution in [0, 0.1) is 11.8 Å². The Morgan fingerprint density at radius 1 is 1.23 bits per heavy atom. The zero-order valence-corrected chi connectivity index (χ0v) is 22.0. The Kier molecular flexibility index (Phi) is 14.9. The van der Waals surface area contributed by atoms with E-state index < -0.39 is 6.10 Å². The molecule has 1 heterocycles. The van der Waals surface area contributed by atoms with E-state index in [-0.39, 0.29) is 48.3 Å². The van der Waals surface area contributed by atoms with Gasteiger partial charge in [-0.2, -0.15) is 0 Å². The monoisotopic (exact) mass is 512 g/mol. The Labute approximate surface area is 216 Å². The number of halogens is 1. The summed E-state index contributed by atoms with van der Waals surface area (Å²) in [5.41, 5.74) is 0. The molecule has 2 rings (SSSR count). The van der Waals surface area contributed by atoms with Crippen molar-refractivity contribution >= 4 is 17.6 Å². The molecule has 0 aromatic carbocycles. The lowest BCUT2D eigenvalue weighted by Gasteiger charge is -2.29. The molecule has 6 nitrogen and oxygen atoms in total. The Bertz CT molecular complexity index is 658. The molecule has 1 saturated carbocycles. The van der Waals surface area contributed by atoms with Gasteiger partial charge in [-0.05, 0) is 77.0 Å². The summed E-state index contributed by atoms with van der Waals surface area (Å²) in [7, 11) is 0. The molecule has 0 aromatic heterocycles. The first-order valence-electron chi connectivity index (χ1n) is 13.3. The van der Waals surface area contributed by atoms with Crippen LogP contribution in [0.4, 0.5) is 0 Å². The van der Waals surface area contributed by atoms with Crippen molar-refractivity contribution in [1.29, 1.82) is 0 Å². The van der Waals surface area contributed by atoms with Crippen LogP contribution in [0.3, 0.4) is 0 Å². The molecule has 1 aliphatic carbocycles. The maximum atomic E-state index is 11.6. The molecule has 1 aliphatic heterocycles. The minimum Gasteiger partial charge on any atom is -0.461 e. The third-order valence-electron chi connectivity index (χ3n) is 6.68. The summed E-state index contributed by atoms with van der Waals surface area (Å²) >= 11 is 6.80. The van der Waals surface area contributed by atoms with Gasteiger partial charge in [0.2, 0.25) is 0 Å². The van der Waals surface area contributed by atoms with Crippen LogP contribution in [0.25, 0.3) is 0 Å². The quantitative estimate of drug-likeness (QED) is 0.124. The Balaban J connectivity index is 1.91. The predicted molar refractivity (Wildman–Crippen MR) is 139 cm³/mol. The van der Waals surface area contributed by atoms with Crippen molar-refractivity contribution in [3.63, 3.8) is 0 Å². The molecule has 0 amide bonds. The second-order valence-electron chi connectivity index (χ2n) is 9.77. The maximum absolute atomic E-state index is 11.6. The fourth-order valence-electron chi connectivity index (χ4n) is 4.74. The van der Waals surface area contributed by atoms with Gasteiger partial charge in [0.05, 0.1) is 18.3 Å². The van der Waals surface area contributed by atoms with Gasteiger partial charge < -0.3 is 24.4 Å². The van der Waals surface area contributed by atoms with Gasteiger partial charge in [-0.3, -0.25) is 4.79 Å². The molecule has 0 radical (unpaired) electrons. The largest absolute Gasteiger partial charge is 0.461 e. The first-order valence-corrected chi connectivity index (χ1v) is 13.7. The van der Waals surface area contributed by atoms with Crippen molar-refractivity contribution < 1.29 is 29.2 Å². The van der Waals surface area contributed by atoms with E-state index >= 15 is 0 Å². The van der Waals surface area contributed by atoms with E-state index in [4.69, 9.17) is 25.8 Å². The second-order valence-corrected chi connectivity index (χ2v) is 10.3. The van der Waals surface area contributed by atoms with Crippen LogP contribution in [0.2, 0.25) is 0 Å². The zero-order valence-electron chi connectivity index (χ0n) is 21.2. The number of hydrogen-bond acceptors (Lipinski definition) is 6. The highest BCUT2D eigenvalue weighted by Crippen LogP contribution is 2.42. The Morgan fingerprint density at radius 3 is 2.77 bits per heavy atom. The molecule has 0 spiro atoms. The summed E-state index contributed by atoms with van der Waals surface area (Å²) in [6.45, 7) is 6.30. The minimum atomic E-state index is -0.549. The third-order valence-corrected chi connectivity index (χ3v) is 7.18. The summed E-state index contributed by atoms with van der Waals surface area (Å²) in [4.78, 5) is 11.6. The highest BCUT2D eigenvalue weighted by molar-refractivity contribution is 6.21. The predicted octanol–water partition coefficient (Wildman–Crippen LogP) is 5.46. The highest BCUT2D eigenvalue weighted by atomic mass is 35.5. The fraction of sp³-hybridized carbons (Fsp3) is 0.750. The van der Waals surface area contributed by atoms with E-state index in [0.29, 0.717) is 19.3 Å². The molecule has 0 aromatic rings. The highest BCUT2D eigenvalue weighted by Gasteiger charge is 2.42. The van der Waals surface area contributed by atoms with E-state index in [0.717, 1.165) is 58.0 Å². The number of rotatable bonds is 16. The SMILES string of the molecule is C=CCOC(=O)CCCC=CC[C@@H]1[C@@H](C=C[C@@H](O)CCC[C@@H](C)O)[C@H](OC2CCCCO2)C[C@H]1Cl. The molecule has 2 aliphatic rings. The molecule has 1 unspecified atom stereocenters. The Morgan fingerprint density at radius 2 is 2.06 bits per heavy atom. The Hall–Kier alpha value is -1.18. The van der Waals surface area contributed by atoms with Crippen LogP contribution in [0.5, 0.6) is 0 Å². The molecule has 0 bridgehead atoms. The normalized spacial score (nSPS) is 29.0. The van der Waals surface area contributed by atoms with Crippen molar-refractivity contribution in [3.8, 4) is 0 Å². The van der Waals surface area contributed by atoms with Gasteiger partial charge in [-0.1, -0.05) is 37.0 Å². The van der Waals surface area contributed by atoms with Crippen LogP contribution in [-0.2, 0) is 19.0 Å². The van der Waals surface area contributed by atoms with Crippen LogP contribution >= 0.6 is 11.6 Å². The number of ether oxygens (including phenoxy) is 3. The van der Waals surface area contributed by atoms with E-state index in [1.54, 1.807) is 13.0 Å². The number of unbranched alkanes of at least 4 members (excludes halogenated alkanes) is 1. The molecular formula is C28H45ClO6. The van der Waals surface area contributed by atoms with Crippen LogP contribution < -0.4 is 0 Å². The average molecular weight is 513 g/mol. The maximum Gasteiger partial charge on any atom is 0.306 e. The van der Waals surface area contributed by atoms with Gasteiger partial charge in [-0.25, -0.2) is 0 Å². The van der Waals surface area contributed by atoms with E-state index in [1.807, 2.05) is 6.08 Å². The number of aliphatic hydroxyl groups is 2. The molecule has 2 fully saturated rings. The summed E-state index contributed by atoms with van der Waals surface area (Å²) in [5.74, 6) is 0.0880. The number of aliphatic hydroxyl groups excluding tert-OH is 2. The van der Waals surface area contributed by atoms with Gasteiger partial charge in [0.1, 0.15) is 6.61 Å². The average Bonchev–Trinajstić information content (AvgIpc) is 3.12. The number of esters is 1. The molecule has 2 N–H and O–H groups in total. The minimum absolute atomic E-state index is 0.0239. The van der Waals surface area contributed by atoms with Crippen LogP contribution in [0.15, 0.2) is 37.0 Å². The number of carbonyl (C=O) groups is 1. The second kappa shape index (κ2) is 17.3. The summed E-state index contributed by atoms with van der Waals surface area (Å²) in [5, 5.41) is 19.9. The topological polar surface area (TPSA) is 85.2 Å². The molecule has 1 saturated heterocycles. The van der Waals surface area contributed by atoms with Crippen molar-refractivity contribution in [2.45, 2.75) is 108 Å². The number of alkyl halides is 1. The standard InChI is InChI=1S/C28H45ClO6/c1-3-18-33-27(32)14-7-5-4-6-13-23-24(17-16-22(31)12-10-11-21(2)30)26(20-25(23)29)35-28-15-8-9-19-34-28/h3-4,6,16-17,21-26,28,30-31H,1,5,7-15,18-20H2,2H3/t21-,22+,23-,24-,25-,26-,28?/m1/s1. The smallest absolute Gasteiger partial charge is 0.306 e. The van der Waals surface area contributed by atoms with Crippen LogP contribution in [0.1, 0.15) is 77.6 Å². The van der Waals surface area contributed by atoms with Crippen LogP contribution in [-0.4, -0.2) is 59.4 Å². The number of hydrogen-bond donors (Lipinski definition) is 2. The lowest BCUT2D eigenvalue weighted by molar-refractivity contribution is -0.192.